The van der Waals surface area contributed by atoms with E-state index in [-0.39, 0.29) is 11.7 Å². The number of hydrogen-bond donors (Lipinski definition) is 2. The number of hydrogen-bond acceptors (Lipinski definition) is 4. The van der Waals surface area contributed by atoms with Crippen molar-refractivity contribution in [3.05, 3.63) is 21.3 Å². The molecule has 1 saturated carbocycles. The molecule has 1 amide bonds. The molecule has 0 bridgehead atoms. The highest BCUT2D eigenvalue weighted by molar-refractivity contribution is 7.16. The number of amides is 1. The highest BCUT2D eigenvalue weighted by Crippen LogP contribution is 2.43. The van der Waals surface area contributed by atoms with E-state index < -0.39 is 5.41 Å². The number of carbonyl (C=O) groups excluding carboxylic acids is 1. The maximum absolute atomic E-state index is 12.5. The predicted molar refractivity (Wildman–Crippen MR) is 75.5 cm³/mol. The average Bonchev–Trinajstić information content (AvgIpc) is 2.72. The normalized spacial score (nSPS) is 17.9. The zero-order chi connectivity index (χ0) is 14.0. The summed E-state index contributed by atoms with van der Waals surface area (Å²) < 4.78 is 0.700. The summed E-state index contributed by atoms with van der Waals surface area (Å²) in [6, 6.07) is 3.70. The first kappa shape index (κ1) is 14.1. The van der Waals surface area contributed by atoms with Crippen LogP contribution in [0.2, 0.25) is 4.34 Å². The zero-order valence-electron chi connectivity index (χ0n) is 10.6. The fourth-order valence-electron chi connectivity index (χ4n) is 2.31. The Morgan fingerprint density at radius 2 is 2.32 bits per heavy atom. The van der Waals surface area contributed by atoms with Gasteiger partial charge in [-0.1, -0.05) is 23.2 Å². The maximum Gasteiger partial charge on any atom is 0.236 e. The lowest BCUT2D eigenvalue weighted by atomic mass is 9.67. The van der Waals surface area contributed by atoms with E-state index >= 15 is 0 Å². The van der Waals surface area contributed by atoms with Crippen LogP contribution in [0.15, 0.2) is 17.3 Å². The Morgan fingerprint density at radius 1 is 1.63 bits per heavy atom. The van der Waals surface area contributed by atoms with Gasteiger partial charge in [0, 0.05) is 11.9 Å². The van der Waals surface area contributed by atoms with Crippen LogP contribution in [0.1, 0.15) is 24.1 Å². The van der Waals surface area contributed by atoms with Crippen molar-refractivity contribution in [1.82, 2.24) is 4.90 Å². The summed E-state index contributed by atoms with van der Waals surface area (Å²) in [5, 5.41) is 11.9. The molecular weight excluding hydrogens is 286 g/mol. The lowest BCUT2D eigenvalue weighted by Crippen LogP contribution is -2.54. The molecule has 1 aromatic heterocycles. The molecule has 0 atom stereocenters. The van der Waals surface area contributed by atoms with Crippen LogP contribution >= 0.6 is 22.9 Å². The average molecular weight is 302 g/mol. The van der Waals surface area contributed by atoms with E-state index in [1.54, 1.807) is 11.9 Å². The second-order valence-corrected chi connectivity index (χ2v) is 6.59. The first-order valence-corrected chi connectivity index (χ1v) is 7.17. The second-order valence-electron chi connectivity index (χ2n) is 4.79. The summed E-state index contributed by atoms with van der Waals surface area (Å²) in [5.74, 6) is -0.0848. The molecule has 3 N–H and O–H groups in total. The topological polar surface area (TPSA) is 78.9 Å². The highest BCUT2D eigenvalue weighted by atomic mass is 35.5. The van der Waals surface area contributed by atoms with E-state index in [1.165, 1.54) is 11.3 Å². The van der Waals surface area contributed by atoms with Crippen molar-refractivity contribution >= 4 is 34.7 Å². The molecule has 2 rings (SSSR count). The summed E-state index contributed by atoms with van der Waals surface area (Å²) in [6.45, 7) is 0.483. The van der Waals surface area contributed by atoms with Crippen LogP contribution in [0.4, 0.5) is 0 Å². The van der Waals surface area contributed by atoms with Crippen LogP contribution in [0.3, 0.4) is 0 Å². The zero-order valence-corrected chi connectivity index (χ0v) is 12.2. The fourth-order valence-corrected chi connectivity index (χ4v) is 3.45. The van der Waals surface area contributed by atoms with Gasteiger partial charge >= 0.3 is 0 Å². The van der Waals surface area contributed by atoms with Crippen molar-refractivity contribution in [2.75, 3.05) is 7.05 Å². The highest BCUT2D eigenvalue weighted by Gasteiger charge is 2.49. The van der Waals surface area contributed by atoms with Crippen LogP contribution in [-0.2, 0) is 11.3 Å². The monoisotopic (exact) mass is 301 g/mol. The molecule has 1 aliphatic carbocycles. The first-order valence-electron chi connectivity index (χ1n) is 5.97. The molecule has 1 aromatic rings. The van der Waals surface area contributed by atoms with E-state index in [0.717, 1.165) is 11.3 Å². The summed E-state index contributed by atoms with van der Waals surface area (Å²) in [5.41, 5.74) is 4.87. The van der Waals surface area contributed by atoms with Crippen molar-refractivity contribution in [3.63, 3.8) is 0 Å². The van der Waals surface area contributed by atoms with Crippen LogP contribution < -0.4 is 5.73 Å². The molecular formula is C12H16ClN3O2S. The Balaban J connectivity index is 2.10. The molecule has 7 heteroatoms. The van der Waals surface area contributed by atoms with Crippen LogP contribution in [0.5, 0.6) is 0 Å². The molecule has 0 saturated heterocycles. The second kappa shape index (κ2) is 5.38. The smallest absolute Gasteiger partial charge is 0.236 e. The number of nitrogens with two attached hydrogens (primary N) is 1. The fraction of sp³-hybridized carbons (Fsp3) is 0.500. The van der Waals surface area contributed by atoms with Crippen LogP contribution in [0.25, 0.3) is 0 Å². The quantitative estimate of drug-likeness (QED) is 0.387. The largest absolute Gasteiger partial charge is 0.409 e. The molecule has 0 aliphatic heterocycles. The number of rotatable bonds is 4. The van der Waals surface area contributed by atoms with E-state index in [0.29, 0.717) is 23.7 Å². The molecule has 0 unspecified atom stereocenters. The molecule has 0 spiro atoms. The molecule has 104 valence electrons. The van der Waals surface area contributed by atoms with Gasteiger partial charge in [-0.15, -0.1) is 11.3 Å². The number of carbonyl (C=O) groups is 1. The molecule has 1 heterocycles. The van der Waals surface area contributed by atoms with Crippen molar-refractivity contribution in [2.24, 2.45) is 16.3 Å². The van der Waals surface area contributed by atoms with E-state index in [2.05, 4.69) is 5.16 Å². The van der Waals surface area contributed by atoms with Crippen LogP contribution in [0, 0.1) is 5.41 Å². The minimum atomic E-state index is -0.815. The van der Waals surface area contributed by atoms with Gasteiger partial charge in [0.15, 0.2) is 5.84 Å². The molecule has 1 aliphatic rings. The van der Waals surface area contributed by atoms with E-state index in [1.807, 2.05) is 12.1 Å². The van der Waals surface area contributed by atoms with E-state index in [9.17, 15) is 4.79 Å². The van der Waals surface area contributed by atoms with Gasteiger partial charge in [0.2, 0.25) is 5.91 Å². The van der Waals surface area contributed by atoms with E-state index in [4.69, 9.17) is 22.5 Å². The van der Waals surface area contributed by atoms with Gasteiger partial charge in [0.05, 0.1) is 10.9 Å². The summed E-state index contributed by atoms with van der Waals surface area (Å²) in [7, 11) is 1.72. The van der Waals surface area contributed by atoms with Gasteiger partial charge in [-0.05, 0) is 25.0 Å². The third-order valence-electron chi connectivity index (χ3n) is 3.58. The Labute approximate surface area is 120 Å². The number of oxime groups is 1. The van der Waals surface area contributed by atoms with Crippen molar-refractivity contribution in [3.8, 4) is 0 Å². The van der Waals surface area contributed by atoms with Crippen LogP contribution in [-0.4, -0.2) is 28.9 Å². The standard InChI is InChI=1S/C12H16ClN3O2S/c1-16(7-8-3-4-9(13)19-8)11(17)12(5-2-6-12)10(14)15-18/h3-4,18H,2,5-7H2,1H3,(H2,14,15). The van der Waals surface area contributed by atoms with Gasteiger partial charge in [0.25, 0.3) is 0 Å². The molecule has 19 heavy (non-hydrogen) atoms. The minimum Gasteiger partial charge on any atom is -0.409 e. The third-order valence-corrected chi connectivity index (χ3v) is 4.80. The predicted octanol–water partition coefficient (Wildman–Crippen LogP) is 2.28. The van der Waals surface area contributed by atoms with Gasteiger partial charge in [0.1, 0.15) is 5.41 Å². The molecule has 0 aromatic carbocycles. The van der Waals surface area contributed by atoms with Crippen molar-refractivity contribution in [2.45, 2.75) is 25.8 Å². The Morgan fingerprint density at radius 3 is 2.74 bits per heavy atom. The first-order chi connectivity index (χ1) is 8.99. The van der Waals surface area contributed by atoms with Gasteiger partial charge in [-0.3, -0.25) is 4.79 Å². The Kier molecular flexibility index (Phi) is 4.01. The lowest BCUT2D eigenvalue weighted by molar-refractivity contribution is -0.141. The van der Waals surface area contributed by atoms with Gasteiger partial charge < -0.3 is 15.8 Å². The number of nitrogens with zero attached hydrogens (tertiary/aromatic N) is 2. The van der Waals surface area contributed by atoms with Gasteiger partial charge in [-0.2, -0.15) is 0 Å². The third kappa shape index (κ3) is 2.55. The van der Waals surface area contributed by atoms with Crippen molar-refractivity contribution < 1.29 is 10.0 Å². The SMILES string of the molecule is CN(Cc1ccc(Cl)s1)C(=O)C1(/C(N)=N/O)CCC1. The maximum atomic E-state index is 12.5. The number of thiophene rings is 1. The Hall–Kier alpha value is -1.27. The van der Waals surface area contributed by atoms with Gasteiger partial charge in [-0.25, -0.2) is 0 Å². The summed E-state index contributed by atoms with van der Waals surface area (Å²) in [6.07, 6.45) is 2.19. The molecule has 0 radical (unpaired) electrons. The Bertz CT molecular complexity index is 511. The molecule has 1 fully saturated rings. The van der Waals surface area contributed by atoms with Crippen molar-refractivity contribution in [1.29, 1.82) is 0 Å². The summed E-state index contributed by atoms with van der Waals surface area (Å²) >= 11 is 7.31. The minimum absolute atomic E-state index is 0.0137. The summed E-state index contributed by atoms with van der Waals surface area (Å²) in [4.78, 5) is 15.1. The lowest BCUT2D eigenvalue weighted by Gasteiger charge is -2.41. The number of halogens is 1. The molecule has 5 nitrogen and oxygen atoms in total. The number of amidine groups is 1.